The van der Waals surface area contributed by atoms with Crippen LogP contribution in [0.2, 0.25) is 0 Å². The number of alkyl halides is 1. The summed E-state index contributed by atoms with van der Waals surface area (Å²) in [6.45, 7) is 8.74. The molecule has 0 N–H and O–H groups in total. The minimum absolute atomic E-state index is 0.104. The second kappa shape index (κ2) is 7.61. The molecule has 0 spiro atoms. The molecular weight excluding hydrogens is 352 g/mol. The number of hydrogen-bond donors (Lipinski definition) is 0. The minimum Gasteiger partial charge on any atom is -0.381 e. The molecule has 0 aliphatic heterocycles. The van der Waals surface area contributed by atoms with Crippen LogP contribution < -0.4 is 0 Å². The molecule has 1 heterocycles. The Kier molecular flexibility index (Phi) is 6.08. The standard InChI is InChI=1S/C16H22BrClN2O/c1-11(2)10-21-8-4-7-20-15-9-13(17)5-6-14(15)19-16(20)12(3)18/h5-6,9,11-12H,4,7-8,10H2,1-3H3. The van der Waals surface area contributed by atoms with Crippen molar-refractivity contribution in [2.45, 2.75) is 39.1 Å². The van der Waals surface area contributed by atoms with E-state index in [4.69, 9.17) is 16.3 Å². The number of rotatable bonds is 7. The normalized spacial score (nSPS) is 13.2. The Morgan fingerprint density at radius 1 is 1.33 bits per heavy atom. The summed E-state index contributed by atoms with van der Waals surface area (Å²) < 4.78 is 8.91. The van der Waals surface area contributed by atoms with Crippen molar-refractivity contribution in [2.75, 3.05) is 13.2 Å². The number of ether oxygens (including phenoxy) is 1. The van der Waals surface area contributed by atoms with Crippen molar-refractivity contribution in [1.82, 2.24) is 9.55 Å². The molecule has 0 amide bonds. The van der Waals surface area contributed by atoms with E-state index in [0.29, 0.717) is 5.92 Å². The molecule has 1 aromatic carbocycles. The zero-order valence-corrected chi connectivity index (χ0v) is 15.1. The predicted molar refractivity (Wildman–Crippen MR) is 92.0 cm³/mol. The number of imidazole rings is 1. The fourth-order valence-electron chi connectivity index (χ4n) is 2.30. The fourth-order valence-corrected chi connectivity index (χ4v) is 2.81. The van der Waals surface area contributed by atoms with E-state index in [9.17, 15) is 0 Å². The molecule has 2 rings (SSSR count). The van der Waals surface area contributed by atoms with Gasteiger partial charge in [0.15, 0.2) is 0 Å². The van der Waals surface area contributed by atoms with Gasteiger partial charge < -0.3 is 9.30 Å². The average molecular weight is 374 g/mol. The van der Waals surface area contributed by atoms with Gasteiger partial charge in [-0.05, 0) is 37.5 Å². The van der Waals surface area contributed by atoms with Crippen molar-refractivity contribution in [1.29, 1.82) is 0 Å². The number of benzene rings is 1. The van der Waals surface area contributed by atoms with Gasteiger partial charge in [-0.3, -0.25) is 0 Å². The Labute approximate surface area is 139 Å². The first-order valence-corrected chi connectivity index (χ1v) is 8.59. The van der Waals surface area contributed by atoms with Gasteiger partial charge >= 0.3 is 0 Å². The second-order valence-electron chi connectivity index (χ2n) is 5.69. The Bertz CT molecular complexity index is 595. The quantitative estimate of drug-likeness (QED) is 0.495. The van der Waals surface area contributed by atoms with Gasteiger partial charge in [0.1, 0.15) is 5.82 Å². The lowest BCUT2D eigenvalue weighted by atomic mass is 10.2. The number of aromatic nitrogens is 2. The van der Waals surface area contributed by atoms with Crippen molar-refractivity contribution >= 4 is 38.6 Å². The molecular formula is C16H22BrClN2O. The van der Waals surface area contributed by atoms with Crippen molar-refractivity contribution in [3.8, 4) is 0 Å². The first-order valence-electron chi connectivity index (χ1n) is 7.36. The highest BCUT2D eigenvalue weighted by Gasteiger charge is 2.14. The predicted octanol–water partition coefficient (Wildman–Crippen LogP) is 5.16. The summed E-state index contributed by atoms with van der Waals surface area (Å²) in [7, 11) is 0. The van der Waals surface area contributed by atoms with Crippen LogP contribution in [0.15, 0.2) is 22.7 Å². The van der Waals surface area contributed by atoms with Crippen LogP contribution >= 0.6 is 27.5 Å². The van der Waals surface area contributed by atoms with E-state index < -0.39 is 0 Å². The SMILES string of the molecule is CC(C)COCCCn1c(C(C)Cl)nc2ccc(Br)cc21. The van der Waals surface area contributed by atoms with Crippen molar-refractivity contribution in [3.05, 3.63) is 28.5 Å². The highest BCUT2D eigenvalue weighted by molar-refractivity contribution is 9.10. The van der Waals surface area contributed by atoms with E-state index in [1.807, 2.05) is 19.1 Å². The molecule has 116 valence electrons. The number of hydrogen-bond acceptors (Lipinski definition) is 2. The highest BCUT2D eigenvalue weighted by Crippen LogP contribution is 2.27. The minimum atomic E-state index is -0.104. The lowest BCUT2D eigenvalue weighted by Gasteiger charge is -2.11. The summed E-state index contributed by atoms with van der Waals surface area (Å²) >= 11 is 9.80. The maximum atomic E-state index is 6.27. The number of halogens is 2. The van der Waals surface area contributed by atoms with E-state index in [0.717, 1.165) is 47.5 Å². The van der Waals surface area contributed by atoms with Gasteiger partial charge in [-0.25, -0.2) is 4.98 Å². The van der Waals surface area contributed by atoms with Gasteiger partial charge in [0.2, 0.25) is 0 Å². The van der Waals surface area contributed by atoms with Crippen molar-refractivity contribution in [3.63, 3.8) is 0 Å². The molecule has 2 aromatic rings. The van der Waals surface area contributed by atoms with E-state index in [-0.39, 0.29) is 5.38 Å². The molecule has 1 atom stereocenters. The molecule has 0 bridgehead atoms. The number of fused-ring (bicyclic) bond motifs is 1. The molecule has 1 unspecified atom stereocenters. The lowest BCUT2D eigenvalue weighted by molar-refractivity contribution is 0.105. The first kappa shape index (κ1) is 16.8. The number of nitrogens with zero attached hydrogens (tertiary/aromatic N) is 2. The molecule has 1 aromatic heterocycles. The Hall–Kier alpha value is -0.580. The van der Waals surface area contributed by atoms with Gasteiger partial charge in [0, 0.05) is 24.2 Å². The van der Waals surface area contributed by atoms with Crippen LogP contribution in [0.5, 0.6) is 0 Å². The van der Waals surface area contributed by atoms with Gasteiger partial charge in [0.25, 0.3) is 0 Å². The van der Waals surface area contributed by atoms with Crippen LogP contribution in [0.1, 0.15) is 38.4 Å². The summed E-state index contributed by atoms with van der Waals surface area (Å²) in [6.07, 6.45) is 0.960. The first-order chi connectivity index (χ1) is 9.99. The second-order valence-corrected chi connectivity index (χ2v) is 7.26. The Balaban J connectivity index is 2.12. The molecule has 3 nitrogen and oxygen atoms in total. The monoisotopic (exact) mass is 372 g/mol. The molecule has 0 aliphatic carbocycles. The Morgan fingerprint density at radius 2 is 2.10 bits per heavy atom. The smallest absolute Gasteiger partial charge is 0.127 e. The third-order valence-corrected chi connectivity index (χ3v) is 3.91. The van der Waals surface area contributed by atoms with Crippen LogP contribution in [-0.2, 0) is 11.3 Å². The molecule has 0 radical (unpaired) electrons. The maximum Gasteiger partial charge on any atom is 0.127 e. The maximum absolute atomic E-state index is 6.27. The molecule has 5 heteroatoms. The van der Waals surface area contributed by atoms with Gasteiger partial charge in [-0.15, -0.1) is 11.6 Å². The van der Waals surface area contributed by atoms with Crippen LogP contribution in [0, 0.1) is 5.92 Å². The lowest BCUT2D eigenvalue weighted by Crippen LogP contribution is -2.09. The Morgan fingerprint density at radius 3 is 2.76 bits per heavy atom. The van der Waals surface area contributed by atoms with E-state index >= 15 is 0 Å². The highest BCUT2D eigenvalue weighted by atomic mass is 79.9. The summed E-state index contributed by atoms with van der Waals surface area (Å²) in [5, 5.41) is -0.104. The van der Waals surface area contributed by atoms with Crippen LogP contribution in [-0.4, -0.2) is 22.8 Å². The topological polar surface area (TPSA) is 27.1 Å². The molecule has 0 saturated carbocycles. The summed E-state index contributed by atoms with van der Waals surface area (Å²) in [4.78, 5) is 4.65. The van der Waals surface area contributed by atoms with Crippen LogP contribution in [0.4, 0.5) is 0 Å². The average Bonchev–Trinajstić information content (AvgIpc) is 2.76. The van der Waals surface area contributed by atoms with Gasteiger partial charge in [-0.2, -0.15) is 0 Å². The van der Waals surface area contributed by atoms with E-state index in [1.54, 1.807) is 0 Å². The van der Waals surface area contributed by atoms with Crippen LogP contribution in [0.3, 0.4) is 0 Å². The zero-order chi connectivity index (χ0) is 15.4. The third kappa shape index (κ3) is 4.44. The molecule has 0 aliphatic rings. The molecule has 0 saturated heterocycles. The fraction of sp³-hybridized carbons (Fsp3) is 0.562. The van der Waals surface area contributed by atoms with Crippen LogP contribution in [0.25, 0.3) is 11.0 Å². The molecule has 21 heavy (non-hydrogen) atoms. The van der Waals surface area contributed by atoms with E-state index in [1.165, 1.54) is 0 Å². The van der Waals surface area contributed by atoms with E-state index in [2.05, 4.69) is 45.4 Å². The van der Waals surface area contributed by atoms with Gasteiger partial charge in [-0.1, -0.05) is 29.8 Å². The largest absolute Gasteiger partial charge is 0.381 e. The zero-order valence-electron chi connectivity index (χ0n) is 12.8. The summed E-state index contributed by atoms with van der Waals surface area (Å²) in [6, 6.07) is 6.13. The summed E-state index contributed by atoms with van der Waals surface area (Å²) in [5.74, 6) is 1.50. The molecule has 0 fully saturated rings. The van der Waals surface area contributed by atoms with Crippen molar-refractivity contribution in [2.24, 2.45) is 5.92 Å². The van der Waals surface area contributed by atoms with Gasteiger partial charge in [0.05, 0.1) is 16.4 Å². The summed E-state index contributed by atoms with van der Waals surface area (Å²) in [5.41, 5.74) is 2.11. The third-order valence-electron chi connectivity index (χ3n) is 3.22. The van der Waals surface area contributed by atoms with Crippen molar-refractivity contribution < 1.29 is 4.74 Å². The number of aryl methyl sites for hydroxylation is 1.